The number of carbonyl (C=O) groups is 2. The van der Waals surface area contributed by atoms with E-state index in [4.69, 9.17) is 0 Å². The fourth-order valence-corrected chi connectivity index (χ4v) is 4.72. The summed E-state index contributed by atoms with van der Waals surface area (Å²) < 4.78 is 0. The van der Waals surface area contributed by atoms with Crippen LogP contribution in [0, 0.1) is 13.8 Å². The molecule has 0 radical (unpaired) electrons. The lowest BCUT2D eigenvalue weighted by Crippen LogP contribution is -2.23. The molecule has 1 saturated heterocycles. The van der Waals surface area contributed by atoms with Crippen molar-refractivity contribution in [2.24, 2.45) is 0 Å². The smallest absolute Gasteiger partial charge is 0.251 e. The van der Waals surface area contributed by atoms with Crippen molar-refractivity contribution in [3.05, 3.63) is 94.7 Å². The van der Waals surface area contributed by atoms with E-state index in [2.05, 4.69) is 53.6 Å². The van der Waals surface area contributed by atoms with Gasteiger partial charge in [0.05, 0.1) is 0 Å². The van der Waals surface area contributed by atoms with Crippen molar-refractivity contribution in [3.63, 3.8) is 0 Å². The fourth-order valence-electron chi connectivity index (χ4n) is 4.72. The van der Waals surface area contributed by atoms with Crippen molar-refractivity contribution in [1.82, 2.24) is 15.2 Å². The SMILES string of the molecule is Cc1[nH]c2ccc(C(=O)NCc3ccccc3-c3ccc(CN4CCCC4=O)cc3)cc2c1C. The number of amides is 2. The van der Waals surface area contributed by atoms with Crippen LogP contribution in [-0.2, 0) is 17.9 Å². The molecule has 0 atom stereocenters. The third-order valence-corrected chi connectivity index (χ3v) is 6.84. The highest BCUT2D eigenvalue weighted by molar-refractivity contribution is 5.99. The number of H-pyrrole nitrogens is 1. The lowest BCUT2D eigenvalue weighted by molar-refractivity contribution is -0.128. The largest absolute Gasteiger partial charge is 0.358 e. The highest BCUT2D eigenvalue weighted by Gasteiger charge is 2.20. The van der Waals surface area contributed by atoms with Gasteiger partial charge in [0, 0.05) is 48.2 Å². The molecule has 2 amide bonds. The summed E-state index contributed by atoms with van der Waals surface area (Å²) in [5, 5.41) is 4.17. The van der Waals surface area contributed by atoms with E-state index in [1.807, 2.05) is 42.2 Å². The molecule has 0 aliphatic carbocycles. The van der Waals surface area contributed by atoms with Gasteiger partial charge in [-0.3, -0.25) is 9.59 Å². The number of hydrogen-bond acceptors (Lipinski definition) is 2. The summed E-state index contributed by atoms with van der Waals surface area (Å²) in [5.41, 5.74) is 8.40. The lowest BCUT2D eigenvalue weighted by Gasteiger charge is -2.16. The van der Waals surface area contributed by atoms with E-state index in [0.717, 1.165) is 51.8 Å². The topological polar surface area (TPSA) is 65.2 Å². The van der Waals surface area contributed by atoms with Gasteiger partial charge in [-0.1, -0.05) is 48.5 Å². The first kappa shape index (κ1) is 22.0. The third-order valence-electron chi connectivity index (χ3n) is 6.84. The van der Waals surface area contributed by atoms with E-state index >= 15 is 0 Å². The summed E-state index contributed by atoms with van der Waals surface area (Å²) in [6.07, 6.45) is 1.61. The number of aromatic amines is 1. The molecule has 0 saturated carbocycles. The average molecular weight is 452 g/mol. The van der Waals surface area contributed by atoms with Gasteiger partial charge in [0.15, 0.2) is 0 Å². The quantitative estimate of drug-likeness (QED) is 0.406. The Labute approximate surface area is 199 Å². The predicted molar refractivity (Wildman–Crippen MR) is 135 cm³/mol. The van der Waals surface area contributed by atoms with Crippen LogP contribution in [0.2, 0.25) is 0 Å². The van der Waals surface area contributed by atoms with Crippen LogP contribution in [0.25, 0.3) is 22.0 Å². The number of aryl methyl sites for hydroxylation is 2. The van der Waals surface area contributed by atoms with E-state index in [-0.39, 0.29) is 11.8 Å². The standard InChI is InChI=1S/C29H29N3O2/c1-19-20(2)31-27-14-13-23(16-26(19)27)29(34)30-17-24-6-3-4-7-25(24)22-11-9-21(10-12-22)18-32-15-5-8-28(32)33/h3-4,6-7,9-14,16,31H,5,8,15,17-18H2,1-2H3,(H,30,34). The minimum atomic E-state index is -0.0828. The summed E-state index contributed by atoms with van der Waals surface area (Å²) in [4.78, 5) is 30.1. The molecular formula is C29H29N3O2. The summed E-state index contributed by atoms with van der Waals surface area (Å²) >= 11 is 0. The maximum Gasteiger partial charge on any atom is 0.251 e. The van der Waals surface area contributed by atoms with Crippen molar-refractivity contribution in [2.75, 3.05) is 6.54 Å². The Hall–Kier alpha value is -3.86. The molecule has 2 heterocycles. The number of nitrogens with one attached hydrogen (secondary N) is 2. The monoisotopic (exact) mass is 451 g/mol. The molecule has 0 spiro atoms. The minimum absolute atomic E-state index is 0.0828. The van der Waals surface area contributed by atoms with Crippen LogP contribution in [0.4, 0.5) is 0 Å². The Morgan fingerprint density at radius 3 is 2.59 bits per heavy atom. The van der Waals surface area contributed by atoms with Crippen LogP contribution in [-0.4, -0.2) is 28.2 Å². The van der Waals surface area contributed by atoms with E-state index in [0.29, 0.717) is 25.1 Å². The number of nitrogens with zero attached hydrogens (tertiary/aromatic N) is 1. The fraction of sp³-hybridized carbons (Fsp3) is 0.241. The minimum Gasteiger partial charge on any atom is -0.358 e. The van der Waals surface area contributed by atoms with Gasteiger partial charge in [-0.2, -0.15) is 0 Å². The molecule has 5 nitrogen and oxygen atoms in total. The number of benzene rings is 3. The third kappa shape index (κ3) is 4.34. The molecule has 0 unspecified atom stereocenters. The molecular weight excluding hydrogens is 422 g/mol. The second-order valence-corrected chi connectivity index (χ2v) is 9.09. The number of fused-ring (bicyclic) bond motifs is 1. The Bertz CT molecular complexity index is 1370. The maximum absolute atomic E-state index is 12.9. The van der Waals surface area contributed by atoms with Crippen molar-refractivity contribution >= 4 is 22.7 Å². The Morgan fingerprint density at radius 2 is 1.82 bits per heavy atom. The highest BCUT2D eigenvalue weighted by Crippen LogP contribution is 2.26. The molecule has 1 aromatic heterocycles. The molecule has 2 N–H and O–H groups in total. The van der Waals surface area contributed by atoms with Crippen molar-refractivity contribution in [1.29, 1.82) is 0 Å². The van der Waals surface area contributed by atoms with Crippen molar-refractivity contribution in [2.45, 2.75) is 39.8 Å². The maximum atomic E-state index is 12.9. The van der Waals surface area contributed by atoms with E-state index in [1.54, 1.807) is 0 Å². The molecule has 4 aromatic rings. The van der Waals surface area contributed by atoms with E-state index < -0.39 is 0 Å². The predicted octanol–water partition coefficient (Wildman–Crippen LogP) is 5.50. The van der Waals surface area contributed by atoms with Crippen LogP contribution in [0.3, 0.4) is 0 Å². The first-order valence-electron chi connectivity index (χ1n) is 11.8. The summed E-state index contributed by atoms with van der Waals surface area (Å²) in [7, 11) is 0. The second kappa shape index (κ2) is 9.18. The van der Waals surface area contributed by atoms with E-state index in [9.17, 15) is 9.59 Å². The second-order valence-electron chi connectivity index (χ2n) is 9.09. The molecule has 172 valence electrons. The van der Waals surface area contributed by atoms with Gasteiger partial charge in [0.25, 0.3) is 5.91 Å². The Kier molecular flexibility index (Phi) is 5.93. The van der Waals surface area contributed by atoms with Gasteiger partial charge in [-0.15, -0.1) is 0 Å². The van der Waals surface area contributed by atoms with Gasteiger partial charge < -0.3 is 15.2 Å². The lowest BCUT2D eigenvalue weighted by atomic mass is 9.98. The molecule has 34 heavy (non-hydrogen) atoms. The van der Waals surface area contributed by atoms with Crippen LogP contribution in [0.15, 0.2) is 66.7 Å². The number of likely N-dealkylation sites (tertiary alicyclic amines) is 1. The zero-order valence-corrected chi connectivity index (χ0v) is 19.7. The van der Waals surface area contributed by atoms with Gasteiger partial charge in [-0.25, -0.2) is 0 Å². The van der Waals surface area contributed by atoms with Crippen LogP contribution < -0.4 is 5.32 Å². The van der Waals surface area contributed by atoms with Crippen molar-refractivity contribution < 1.29 is 9.59 Å². The van der Waals surface area contributed by atoms with E-state index in [1.165, 1.54) is 5.56 Å². The Balaban J connectivity index is 1.30. The normalized spacial score (nSPS) is 13.6. The molecule has 0 bridgehead atoms. The van der Waals surface area contributed by atoms with Gasteiger partial charge in [0.1, 0.15) is 0 Å². The van der Waals surface area contributed by atoms with Crippen LogP contribution >= 0.6 is 0 Å². The van der Waals surface area contributed by atoms with Crippen LogP contribution in [0.1, 0.15) is 45.6 Å². The summed E-state index contributed by atoms with van der Waals surface area (Å²) in [5.74, 6) is 0.159. The first-order valence-corrected chi connectivity index (χ1v) is 11.8. The summed E-state index contributed by atoms with van der Waals surface area (Å²) in [6.45, 7) is 6.08. The average Bonchev–Trinajstić information content (AvgIpc) is 3.39. The van der Waals surface area contributed by atoms with Crippen LogP contribution in [0.5, 0.6) is 0 Å². The molecule has 1 aliphatic rings. The van der Waals surface area contributed by atoms with Gasteiger partial charge in [0.2, 0.25) is 5.91 Å². The van der Waals surface area contributed by atoms with Gasteiger partial charge in [-0.05, 0) is 66.3 Å². The van der Waals surface area contributed by atoms with Crippen molar-refractivity contribution in [3.8, 4) is 11.1 Å². The molecule has 3 aromatic carbocycles. The number of hydrogen-bond donors (Lipinski definition) is 2. The first-order chi connectivity index (χ1) is 16.5. The molecule has 1 aliphatic heterocycles. The number of rotatable bonds is 6. The summed E-state index contributed by atoms with van der Waals surface area (Å²) in [6, 6.07) is 22.3. The number of carbonyl (C=O) groups excluding carboxylic acids is 2. The Morgan fingerprint density at radius 1 is 1.03 bits per heavy atom. The zero-order chi connectivity index (χ0) is 23.7. The van der Waals surface area contributed by atoms with Gasteiger partial charge >= 0.3 is 0 Å². The highest BCUT2D eigenvalue weighted by atomic mass is 16.2. The molecule has 5 heteroatoms. The zero-order valence-electron chi connectivity index (χ0n) is 19.7. The number of aromatic nitrogens is 1. The molecule has 1 fully saturated rings. The molecule has 5 rings (SSSR count).